The van der Waals surface area contributed by atoms with Crippen molar-refractivity contribution in [3.8, 4) is 23.0 Å². The quantitative estimate of drug-likeness (QED) is 0.774. The lowest BCUT2D eigenvalue weighted by molar-refractivity contribution is -0.132. The third kappa shape index (κ3) is 4.15. The van der Waals surface area contributed by atoms with Gasteiger partial charge in [0.15, 0.2) is 29.6 Å². The Morgan fingerprint density at radius 1 is 1.08 bits per heavy atom. The van der Waals surface area contributed by atoms with Crippen LogP contribution in [0.2, 0.25) is 0 Å². The zero-order chi connectivity index (χ0) is 17.6. The van der Waals surface area contributed by atoms with E-state index in [0.717, 1.165) is 11.3 Å². The molecule has 0 saturated heterocycles. The van der Waals surface area contributed by atoms with Crippen LogP contribution in [0.1, 0.15) is 12.5 Å². The predicted octanol–water partition coefficient (Wildman–Crippen LogP) is 2.85. The monoisotopic (exact) mass is 343 g/mol. The molecule has 1 aliphatic rings. The molecular weight excluding hydrogens is 322 g/mol. The number of fused-ring (bicyclic) bond motifs is 1. The van der Waals surface area contributed by atoms with Gasteiger partial charge in [-0.15, -0.1) is 0 Å². The van der Waals surface area contributed by atoms with Crippen LogP contribution in [0.25, 0.3) is 0 Å². The van der Waals surface area contributed by atoms with Crippen LogP contribution in [-0.2, 0) is 11.3 Å². The molecule has 0 fully saturated rings. The number of amides is 1. The smallest absolute Gasteiger partial charge is 0.260 e. The first-order chi connectivity index (χ1) is 12.2. The molecule has 0 atom stereocenters. The summed E-state index contributed by atoms with van der Waals surface area (Å²) in [5.74, 6) is 2.52. The lowest BCUT2D eigenvalue weighted by atomic mass is 10.2. The molecule has 0 unspecified atom stereocenters. The number of hydrogen-bond donors (Lipinski definition) is 0. The van der Waals surface area contributed by atoms with Gasteiger partial charge in [0.25, 0.3) is 5.91 Å². The second-order valence-electron chi connectivity index (χ2n) is 5.61. The van der Waals surface area contributed by atoms with Gasteiger partial charge in [-0.25, -0.2) is 0 Å². The van der Waals surface area contributed by atoms with E-state index < -0.39 is 0 Å². The second-order valence-corrected chi connectivity index (χ2v) is 5.61. The predicted molar refractivity (Wildman–Crippen MR) is 92.1 cm³/mol. The maximum Gasteiger partial charge on any atom is 0.260 e. The van der Waals surface area contributed by atoms with Crippen molar-refractivity contribution in [3.63, 3.8) is 0 Å². The molecule has 6 heteroatoms. The standard InChI is InChI=1S/C19H21NO5/c1-3-22-15-6-4-5-7-16(15)23-12-19(21)20(2)11-14-8-9-17-18(10-14)25-13-24-17/h4-10H,3,11-13H2,1-2H3. The molecule has 6 nitrogen and oxygen atoms in total. The molecule has 2 aromatic rings. The number of ether oxygens (including phenoxy) is 4. The van der Waals surface area contributed by atoms with Crippen LogP contribution in [0.15, 0.2) is 42.5 Å². The molecule has 1 amide bonds. The number of hydrogen-bond acceptors (Lipinski definition) is 5. The van der Waals surface area contributed by atoms with E-state index in [1.165, 1.54) is 0 Å². The molecule has 0 aliphatic carbocycles. The van der Waals surface area contributed by atoms with Gasteiger partial charge in [0.1, 0.15) is 0 Å². The largest absolute Gasteiger partial charge is 0.490 e. The van der Waals surface area contributed by atoms with Gasteiger partial charge in [-0.2, -0.15) is 0 Å². The SMILES string of the molecule is CCOc1ccccc1OCC(=O)N(C)Cc1ccc2c(c1)OCO2. The third-order valence-electron chi connectivity index (χ3n) is 3.78. The average molecular weight is 343 g/mol. The van der Waals surface area contributed by atoms with Crippen molar-refractivity contribution in [3.05, 3.63) is 48.0 Å². The van der Waals surface area contributed by atoms with Crippen LogP contribution in [0.5, 0.6) is 23.0 Å². The van der Waals surface area contributed by atoms with Crippen LogP contribution in [0.4, 0.5) is 0 Å². The van der Waals surface area contributed by atoms with Crippen molar-refractivity contribution in [2.45, 2.75) is 13.5 Å². The number of benzene rings is 2. The molecular formula is C19H21NO5. The van der Waals surface area contributed by atoms with Gasteiger partial charge in [-0.05, 0) is 36.8 Å². The van der Waals surface area contributed by atoms with E-state index in [1.54, 1.807) is 18.0 Å². The van der Waals surface area contributed by atoms with Crippen LogP contribution in [0.3, 0.4) is 0 Å². The fourth-order valence-corrected chi connectivity index (χ4v) is 2.50. The highest BCUT2D eigenvalue weighted by molar-refractivity contribution is 5.77. The van der Waals surface area contributed by atoms with Crippen LogP contribution in [0, 0.1) is 0 Å². The number of para-hydroxylation sites is 2. The minimum atomic E-state index is -0.121. The molecule has 0 N–H and O–H groups in total. The number of carbonyl (C=O) groups excluding carboxylic acids is 1. The number of likely N-dealkylation sites (N-methyl/N-ethyl adjacent to an activating group) is 1. The Kier molecular flexibility index (Phi) is 5.28. The summed E-state index contributed by atoms with van der Waals surface area (Å²) in [6, 6.07) is 13.0. The first-order valence-corrected chi connectivity index (χ1v) is 8.14. The van der Waals surface area contributed by atoms with Gasteiger partial charge in [-0.3, -0.25) is 4.79 Å². The summed E-state index contributed by atoms with van der Waals surface area (Å²) in [6.45, 7) is 3.09. The Morgan fingerprint density at radius 3 is 2.56 bits per heavy atom. The normalized spacial score (nSPS) is 11.9. The molecule has 1 aliphatic heterocycles. The molecule has 132 valence electrons. The van der Waals surface area contributed by atoms with Gasteiger partial charge >= 0.3 is 0 Å². The van der Waals surface area contributed by atoms with E-state index in [-0.39, 0.29) is 19.3 Å². The van der Waals surface area contributed by atoms with Crippen molar-refractivity contribution < 1.29 is 23.7 Å². The van der Waals surface area contributed by atoms with Crippen molar-refractivity contribution in [2.24, 2.45) is 0 Å². The molecule has 2 aromatic carbocycles. The van der Waals surface area contributed by atoms with Gasteiger partial charge in [0.05, 0.1) is 6.61 Å². The minimum absolute atomic E-state index is 0.0505. The number of nitrogens with zero attached hydrogens (tertiary/aromatic N) is 1. The van der Waals surface area contributed by atoms with E-state index >= 15 is 0 Å². The zero-order valence-electron chi connectivity index (χ0n) is 14.4. The summed E-state index contributed by atoms with van der Waals surface area (Å²) in [5.41, 5.74) is 0.967. The Hall–Kier alpha value is -2.89. The Morgan fingerprint density at radius 2 is 1.80 bits per heavy atom. The highest BCUT2D eigenvalue weighted by Crippen LogP contribution is 2.32. The van der Waals surface area contributed by atoms with E-state index in [0.29, 0.717) is 30.4 Å². The molecule has 0 bridgehead atoms. The second kappa shape index (κ2) is 7.79. The fourth-order valence-electron chi connectivity index (χ4n) is 2.50. The summed E-state index contributed by atoms with van der Waals surface area (Å²) < 4.78 is 21.8. The van der Waals surface area contributed by atoms with Gasteiger partial charge < -0.3 is 23.8 Å². The Balaban J connectivity index is 1.56. The number of carbonyl (C=O) groups is 1. The molecule has 1 heterocycles. The van der Waals surface area contributed by atoms with Crippen molar-refractivity contribution >= 4 is 5.91 Å². The van der Waals surface area contributed by atoms with Crippen molar-refractivity contribution in [1.29, 1.82) is 0 Å². The zero-order valence-corrected chi connectivity index (χ0v) is 14.4. The molecule has 0 spiro atoms. The Labute approximate surface area is 146 Å². The van der Waals surface area contributed by atoms with Crippen LogP contribution in [-0.4, -0.2) is 37.9 Å². The summed E-state index contributed by atoms with van der Waals surface area (Å²) in [4.78, 5) is 13.9. The summed E-state index contributed by atoms with van der Waals surface area (Å²) in [6.07, 6.45) is 0. The highest BCUT2D eigenvalue weighted by Gasteiger charge is 2.16. The van der Waals surface area contributed by atoms with E-state index in [1.807, 2.05) is 43.3 Å². The average Bonchev–Trinajstić information content (AvgIpc) is 3.08. The minimum Gasteiger partial charge on any atom is -0.490 e. The topological polar surface area (TPSA) is 57.2 Å². The van der Waals surface area contributed by atoms with Gasteiger partial charge in [-0.1, -0.05) is 18.2 Å². The van der Waals surface area contributed by atoms with E-state index in [4.69, 9.17) is 18.9 Å². The van der Waals surface area contributed by atoms with Gasteiger partial charge in [0, 0.05) is 13.6 Å². The molecule has 25 heavy (non-hydrogen) atoms. The Bertz CT molecular complexity index is 746. The third-order valence-corrected chi connectivity index (χ3v) is 3.78. The summed E-state index contributed by atoms with van der Waals surface area (Å²) in [7, 11) is 1.74. The maximum atomic E-state index is 12.3. The van der Waals surface area contributed by atoms with E-state index in [9.17, 15) is 4.79 Å². The summed E-state index contributed by atoms with van der Waals surface area (Å²) >= 11 is 0. The molecule has 0 radical (unpaired) electrons. The summed E-state index contributed by atoms with van der Waals surface area (Å²) in [5, 5.41) is 0. The molecule has 3 rings (SSSR count). The lowest BCUT2D eigenvalue weighted by Crippen LogP contribution is -2.31. The van der Waals surface area contributed by atoms with Crippen LogP contribution < -0.4 is 18.9 Å². The highest BCUT2D eigenvalue weighted by atomic mass is 16.7. The molecule has 0 aromatic heterocycles. The lowest BCUT2D eigenvalue weighted by Gasteiger charge is -2.18. The maximum absolute atomic E-state index is 12.3. The van der Waals surface area contributed by atoms with E-state index in [2.05, 4.69) is 0 Å². The first-order valence-electron chi connectivity index (χ1n) is 8.14. The fraction of sp³-hybridized carbons (Fsp3) is 0.316. The number of rotatable bonds is 7. The van der Waals surface area contributed by atoms with Gasteiger partial charge in [0.2, 0.25) is 6.79 Å². The molecule has 0 saturated carbocycles. The van der Waals surface area contributed by atoms with Crippen molar-refractivity contribution in [1.82, 2.24) is 4.90 Å². The first kappa shape index (κ1) is 17.0. The van der Waals surface area contributed by atoms with Crippen LogP contribution >= 0.6 is 0 Å². The van der Waals surface area contributed by atoms with Crippen molar-refractivity contribution in [2.75, 3.05) is 27.1 Å².